The zero-order valence-electron chi connectivity index (χ0n) is 16.4. The van der Waals surface area contributed by atoms with Crippen LogP contribution < -0.4 is 10.6 Å². The number of carbonyl (C=O) groups excluding carboxylic acids is 2. The van der Waals surface area contributed by atoms with E-state index in [-0.39, 0.29) is 21.6 Å². The molecule has 0 aromatic heterocycles. The first-order valence-corrected chi connectivity index (χ1v) is 10.3. The van der Waals surface area contributed by atoms with Gasteiger partial charge in [-0.3, -0.25) is 10.1 Å². The number of rotatable bonds is 6. The third-order valence-corrected chi connectivity index (χ3v) is 4.97. The molecule has 0 atom stereocenters. The summed E-state index contributed by atoms with van der Waals surface area (Å²) < 4.78 is 5.22. The lowest BCUT2D eigenvalue weighted by Gasteiger charge is -2.12. The summed E-state index contributed by atoms with van der Waals surface area (Å²) in [5.41, 5.74) is 1.28. The van der Waals surface area contributed by atoms with Gasteiger partial charge < -0.3 is 10.1 Å². The average molecular weight is 441 g/mol. The van der Waals surface area contributed by atoms with E-state index in [4.69, 9.17) is 28.6 Å². The lowest BCUT2D eigenvalue weighted by Crippen LogP contribution is -2.34. The largest absolute Gasteiger partial charge is 0.462 e. The Kier molecular flexibility index (Phi) is 7.38. The molecule has 3 rings (SSSR count). The summed E-state index contributed by atoms with van der Waals surface area (Å²) >= 11 is 11.4. The third-order valence-electron chi connectivity index (χ3n) is 4.44. The second kappa shape index (κ2) is 10.2. The highest BCUT2D eigenvalue weighted by Crippen LogP contribution is 2.22. The quantitative estimate of drug-likeness (QED) is 0.297. The van der Waals surface area contributed by atoms with Gasteiger partial charge in [-0.15, -0.1) is 0 Å². The van der Waals surface area contributed by atoms with Crippen LogP contribution in [0.3, 0.4) is 0 Å². The molecular formula is C23H21ClN2O3S. The Labute approximate surface area is 185 Å². The van der Waals surface area contributed by atoms with Gasteiger partial charge in [-0.2, -0.15) is 0 Å². The number of thiocarbonyl (C=S) groups is 1. The van der Waals surface area contributed by atoms with Crippen molar-refractivity contribution >= 4 is 57.3 Å². The molecule has 3 aromatic rings. The Hall–Kier alpha value is -2.96. The van der Waals surface area contributed by atoms with Crippen molar-refractivity contribution in [1.82, 2.24) is 5.32 Å². The molecule has 0 aliphatic carbocycles. The number of nitrogens with one attached hydrogen (secondary N) is 2. The van der Waals surface area contributed by atoms with E-state index in [1.54, 1.807) is 24.3 Å². The number of esters is 1. The second-order valence-corrected chi connectivity index (χ2v) is 7.43. The molecule has 0 saturated heterocycles. The van der Waals surface area contributed by atoms with Crippen LogP contribution in [0.4, 0.5) is 5.69 Å². The van der Waals surface area contributed by atoms with Crippen LogP contribution in [0.2, 0.25) is 5.02 Å². The lowest BCUT2D eigenvalue weighted by molar-refractivity contribution is 0.0500. The molecule has 154 valence electrons. The molecule has 0 saturated carbocycles. The smallest absolute Gasteiger partial charge is 0.339 e. The number of carbonyl (C=O) groups is 2. The predicted octanol–water partition coefficient (Wildman–Crippen LogP) is 5.58. The number of hydrogen-bond acceptors (Lipinski definition) is 4. The normalized spacial score (nSPS) is 10.5. The van der Waals surface area contributed by atoms with Gasteiger partial charge in [0, 0.05) is 11.3 Å². The molecule has 0 heterocycles. The highest BCUT2D eigenvalue weighted by molar-refractivity contribution is 7.80. The molecular weight excluding hydrogens is 420 g/mol. The SMILES string of the molecule is CCCCOC(=O)c1cc(NC(=S)NC(=O)c2cccc3ccccc23)ccc1Cl. The number of benzene rings is 3. The van der Waals surface area contributed by atoms with Gasteiger partial charge in [0.05, 0.1) is 17.2 Å². The Morgan fingerprint density at radius 2 is 1.80 bits per heavy atom. The molecule has 5 nitrogen and oxygen atoms in total. The van der Waals surface area contributed by atoms with E-state index in [1.807, 2.05) is 43.3 Å². The maximum atomic E-state index is 12.7. The van der Waals surface area contributed by atoms with Gasteiger partial charge in [0.2, 0.25) is 0 Å². The van der Waals surface area contributed by atoms with Gasteiger partial charge in [-0.05, 0) is 53.7 Å². The standard InChI is InChI=1S/C23H21ClN2O3S/c1-2-3-13-29-22(28)19-14-16(11-12-20(19)24)25-23(30)26-21(27)18-10-6-8-15-7-4-5-9-17(15)18/h4-12,14H,2-3,13H2,1H3,(H2,25,26,27,30). The lowest BCUT2D eigenvalue weighted by atomic mass is 10.0. The third kappa shape index (κ3) is 5.34. The molecule has 0 unspecified atom stereocenters. The zero-order chi connectivity index (χ0) is 21.5. The number of anilines is 1. The summed E-state index contributed by atoms with van der Waals surface area (Å²) in [5, 5.41) is 7.79. The van der Waals surface area contributed by atoms with E-state index in [0.717, 1.165) is 23.6 Å². The molecule has 1 amide bonds. The Morgan fingerprint density at radius 1 is 1.03 bits per heavy atom. The first kappa shape index (κ1) is 21.7. The van der Waals surface area contributed by atoms with Crippen molar-refractivity contribution in [2.45, 2.75) is 19.8 Å². The van der Waals surface area contributed by atoms with E-state index >= 15 is 0 Å². The van der Waals surface area contributed by atoms with Gasteiger partial charge in [0.15, 0.2) is 5.11 Å². The number of hydrogen-bond donors (Lipinski definition) is 2. The van der Waals surface area contributed by atoms with Gasteiger partial charge >= 0.3 is 5.97 Å². The van der Waals surface area contributed by atoms with Crippen LogP contribution in [0.1, 0.15) is 40.5 Å². The minimum atomic E-state index is -0.497. The van der Waals surface area contributed by atoms with Crippen molar-refractivity contribution in [3.05, 3.63) is 76.8 Å². The average Bonchev–Trinajstić information content (AvgIpc) is 2.74. The highest BCUT2D eigenvalue weighted by Gasteiger charge is 2.15. The number of ether oxygens (including phenoxy) is 1. The zero-order valence-corrected chi connectivity index (χ0v) is 18.0. The van der Waals surface area contributed by atoms with Crippen molar-refractivity contribution in [3.8, 4) is 0 Å². The van der Waals surface area contributed by atoms with Crippen molar-refractivity contribution in [2.24, 2.45) is 0 Å². The van der Waals surface area contributed by atoms with Gasteiger partial charge in [0.1, 0.15) is 0 Å². The van der Waals surface area contributed by atoms with E-state index in [2.05, 4.69) is 10.6 Å². The molecule has 3 aromatic carbocycles. The maximum absolute atomic E-state index is 12.7. The molecule has 0 radical (unpaired) electrons. The monoisotopic (exact) mass is 440 g/mol. The van der Waals surface area contributed by atoms with E-state index < -0.39 is 5.97 Å². The summed E-state index contributed by atoms with van der Waals surface area (Å²) in [6.07, 6.45) is 1.71. The molecule has 0 fully saturated rings. The summed E-state index contributed by atoms with van der Waals surface area (Å²) in [5.74, 6) is -0.819. The number of amides is 1. The van der Waals surface area contributed by atoms with E-state index in [9.17, 15) is 9.59 Å². The molecule has 0 aliphatic rings. The van der Waals surface area contributed by atoms with E-state index in [1.165, 1.54) is 0 Å². The minimum Gasteiger partial charge on any atom is -0.462 e. The molecule has 30 heavy (non-hydrogen) atoms. The predicted molar refractivity (Wildman–Crippen MR) is 124 cm³/mol. The summed E-state index contributed by atoms with van der Waals surface area (Å²) in [6.45, 7) is 2.35. The fourth-order valence-corrected chi connectivity index (χ4v) is 3.31. The van der Waals surface area contributed by atoms with Crippen LogP contribution in [-0.4, -0.2) is 23.6 Å². The van der Waals surface area contributed by atoms with Crippen LogP contribution in [-0.2, 0) is 4.74 Å². The molecule has 7 heteroatoms. The first-order chi connectivity index (χ1) is 14.5. The van der Waals surface area contributed by atoms with Crippen molar-refractivity contribution < 1.29 is 14.3 Å². The van der Waals surface area contributed by atoms with Crippen LogP contribution in [0, 0.1) is 0 Å². The molecule has 0 bridgehead atoms. The fourth-order valence-electron chi connectivity index (χ4n) is 2.90. The Morgan fingerprint density at radius 3 is 2.60 bits per heavy atom. The summed E-state index contributed by atoms with van der Waals surface area (Å²) in [4.78, 5) is 24.9. The van der Waals surface area contributed by atoms with Crippen molar-refractivity contribution in [3.63, 3.8) is 0 Å². The fraction of sp³-hybridized carbons (Fsp3) is 0.174. The molecule has 0 aliphatic heterocycles. The van der Waals surface area contributed by atoms with Crippen LogP contribution >= 0.6 is 23.8 Å². The number of fused-ring (bicyclic) bond motifs is 1. The summed E-state index contributed by atoms with van der Waals surface area (Å²) in [6, 6.07) is 17.9. The van der Waals surface area contributed by atoms with Crippen molar-refractivity contribution in [1.29, 1.82) is 0 Å². The van der Waals surface area contributed by atoms with Crippen LogP contribution in [0.5, 0.6) is 0 Å². The number of unbranched alkanes of at least 4 members (excludes halogenated alkanes) is 1. The van der Waals surface area contributed by atoms with Crippen LogP contribution in [0.15, 0.2) is 60.7 Å². The van der Waals surface area contributed by atoms with Crippen LogP contribution in [0.25, 0.3) is 10.8 Å². The minimum absolute atomic E-state index is 0.112. The summed E-state index contributed by atoms with van der Waals surface area (Å²) in [7, 11) is 0. The van der Waals surface area contributed by atoms with Crippen molar-refractivity contribution in [2.75, 3.05) is 11.9 Å². The second-order valence-electron chi connectivity index (χ2n) is 6.62. The highest BCUT2D eigenvalue weighted by atomic mass is 35.5. The Balaban J connectivity index is 1.69. The Bertz CT molecular complexity index is 1100. The maximum Gasteiger partial charge on any atom is 0.339 e. The van der Waals surface area contributed by atoms with E-state index in [0.29, 0.717) is 17.9 Å². The molecule has 0 spiro atoms. The topological polar surface area (TPSA) is 67.4 Å². The molecule has 2 N–H and O–H groups in total. The van der Waals surface area contributed by atoms with Gasteiger partial charge in [-0.25, -0.2) is 4.79 Å². The number of halogens is 1. The van der Waals surface area contributed by atoms with Gasteiger partial charge in [0.25, 0.3) is 5.91 Å². The first-order valence-electron chi connectivity index (χ1n) is 9.56. The van der Waals surface area contributed by atoms with Gasteiger partial charge in [-0.1, -0.05) is 61.3 Å².